The summed E-state index contributed by atoms with van der Waals surface area (Å²) in [6, 6.07) is 5.52. The molecule has 0 spiro atoms. The van der Waals surface area contributed by atoms with Gasteiger partial charge in [0.15, 0.2) is 0 Å². The van der Waals surface area contributed by atoms with Crippen molar-refractivity contribution in [3.63, 3.8) is 0 Å². The predicted molar refractivity (Wildman–Crippen MR) is 67.2 cm³/mol. The van der Waals surface area contributed by atoms with E-state index in [1.54, 1.807) is 6.07 Å². The summed E-state index contributed by atoms with van der Waals surface area (Å²) >= 11 is 0. The van der Waals surface area contributed by atoms with Crippen molar-refractivity contribution in [1.29, 1.82) is 0 Å². The van der Waals surface area contributed by atoms with E-state index in [1.807, 2.05) is 12.1 Å². The van der Waals surface area contributed by atoms with Gasteiger partial charge in [-0.25, -0.2) is 4.79 Å². The van der Waals surface area contributed by atoms with Crippen LogP contribution < -0.4 is 4.74 Å². The zero-order valence-corrected chi connectivity index (χ0v) is 10.5. The van der Waals surface area contributed by atoms with Gasteiger partial charge in [0.2, 0.25) is 0 Å². The average Bonchev–Trinajstić information content (AvgIpc) is 2.40. The van der Waals surface area contributed by atoms with Crippen molar-refractivity contribution in [1.82, 2.24) is 4.90 Å². The molecule has 1 N–H and O–H groups in total. The fraction of sp³-hybridized carbons (Fsp3) is 0.417. The summed E-state index contributed by atoms with van der Waals surface area (Å²) in [5.41, 5.74) is 2.49. The highest BCUT2D eigenvalue weighted by Crippen LogP contribution is 2.21. The van der Waals surface area contributed by atoms with Gasteiger partial charge in [-0.3, -0.25) is 0 Å². The number of likely N-dealkylation sites (N-methyl/N-ethyl adjacent to an activating group) is 1. The van der Waals surface area contributed by atoms with Crippen molar-refractivity contribution in [3.05, 3.63) is 29.3 Å². The summed E-state index contributed by atoms with van der Waals surface area (Å²) in [7, 11) is 2.10. The van der Waals surface area contributed by atoms with Crippen LogP contribution in [0.3, 0.4) is 0 Å². The second kappa shape index (κ2) is 5.89. The zero-order valence-electron chi connectivity index (χ0n) is 9.68. The number of benzene rings is 1. The Kier molecular flexibility index (Phi) is 4.78. The Morgan fingerprint density at radius 1 is 1.29 bits per heavy atom. The normalized spacial score (nSPS) is 15.4. The van der Waals surface area contributed by atoms with Crippen LogP contribution in [0.1, 0.15) is 11.1 Å². The van der Waals surface area contributed by atoms with E-state index in [2.05, 4.69) is 16.7 Å². The number of hydrogen-bond donors (Lipinski definition) is 1. The maximum atomic E-state index is 10.4. The van der Waals surface area contributed by atoms with Crippen molar-refractivity contribution in [2.45, 2.75) is 12.8 Å². The topological polar surface area (TPSA) is 49.8 Å². The molecule has 94 valence electrons. The molecule has 1 aliphatic heterocycles. The van der Waals surface area contributed by atoms with Gasteiger partial charge in [0, 0.05) is 13.1 Å². The van der Waals surface area contributed by atoms with E-state index in [0.29, 0.717) is 5.75 Å². The Morgan fingerprint density at radius 3 is 2.59 bits per heavy atom. The first-order chi connectivity index (χ1) is 7.65. The minimum absolute atomic E-state index is 0. The molecule has 0 unspecified atom stereocenters. The van der Waals surface area contributed by atoms with Crippen LogP contribution in [0.2, 0.25) is 0 Å². The number of ether oxygens (including phenoxy) is 1. The second-order valence-corrected chi connectivity index (χ2v) is 4.10. The second-order valence-electron chi connectivity index (χ2n) is 4.10. The van der Waals surface area contributed by atoms with Crippen LogP contribution in [0.4, 0.5) is 4.79 Å². The van der Waals surface area contributed by atoms with Crippen LogP contribution >= 0.6 is 12.4 Å². The van der Waals surface area contributed by atoms with Gasteiger partial charge >= 0.3 is 6.16 Å². The Balaban J connectivity index is 0.00000144. The van der Waals surface area contributed by atoms with Crippen LogP contribution in [0, 0.1) is 0 Å². The maximum absolute atomic E-state index is 10.4. The molecule has 0 atom stereocenters. The number of rotatable bonds is 1. The van der Waals surface area contributed by atoms with E-state index >= 15 is 0 Å². The first-order valence-corrected chi connectivity index (χ1v) is 5.36. The molecule has 0 aromatic heterocycles. The quantitative estimate of drug-likeness (QED) is 0.619. The van der Waals surface area contributed by atoms with Crippen molar-refractivity contribution in [3.8, 4) is 5.75 Å². The summed E-state index contributed by atoms with van der Waals surface area (Å²) in [6.45, 7) is 2.05. The SMILES string of the molecule is CN1CCc2ccc(OC(=O)O)cc2CC1.Cl. The third kappa shape index (κ3) is 3.61. The van der Waals surface area contributed by atoms with E-state index in [4.69, 9.17) is 5.11 Å². The summed E-state index contributed by atoms with van der Waals surface area (Å²) in [6.07, 6.45) is 0.702. The molecular weight excluding hydrogens is 242 g/mol. The Bertz CT molecular complexity index is 409. The monoisotopic (exact) mass is 257 g/mol. The van der Waals surface area contributed by atoms with Gasteiger partial charge < -0.3 is 14.7 Å². The van der Waals surface area contributed by atoms with Gasteiger partial charge in [-0.1, -0.05) is 6.07 Å². The Morgan fingerprint density at radius 2 is 1.94 bits per heavy atom. The third-order valence-electron chi connectivity index (χ3n) is 2.91. The van der Waals surface area contributed by atoms with E-state index in [9.17, 15) is 4.79 Å². The lowest BCUT2D eigenvalue weighted by Crippen LogP contribution is -2.20. The summed E-state index contributed by atoms with van der Waals surface area (Å²) < 4.78 is 4.65. The van der Waals surface area contributed by atoms with Crippen LogP contribution in [0.15, 0.2) is 18.2 Å². The molecule has 0 fully saturated rings. The van der Waals surface area contributed by atoms with Crippen molar-refractivity contribution in [2.75, 3.05) is 20.1 Å². The molecule has 0 amide bonds. The first-order valence-electron chi connectivity index (χ1n) is 5.36. The third-order valence-corrected chi connectivity index (χ3v) is 2.91. The highest BCUT2D eigenvalue weighted by atomic mass is 35.5. The standard InChI is InChI=1S/C12H15NO3.ClH/c1-13-6-4-9-2-3-11(16-12(14)15)8-10(9)5-7-13;/h2-3,8H,4-7H2,1H3,(H,14,15);1H. The molecule has 1 heterocycles. The highest BCUT2D eigenvalue weighted by molar-refractivity contribution is 5.85. The van der Waals surface area contributed by atoms with Crippen LogP contribution in [0.25, 0.3) is 0 Å². The molecule has 1 aliphatic rings. The minimum atomic E-state index is -1.26. The molecule has 17 heavy (non-hydrogen) atoms. The lowest BCUT2D eigenvalue weighted by molar-refractivity contribution is 0.144. The van der Waals surface area contributed by atoms with E-state index in [0.717, 1.165) is 25.9 Å². The minimum Gasteiger partial charge on any atom is -0.449 e. The molecule has 1 aromatic rings. The lowest BCUT2D eigenvalue weighted by Gasteiger charge is -2.10. The first kappa shape index (κ1) is 13.8. The van der Waals surface area contributed by atoms with E-state index in [1.165, 1.54) is 11.1 Å². The lowest BCUT2D eigenvalue weighted by atomic mass is 10.0. The van der Waals surface area contributed by atoms with Crippen molar-refractivity contribution >= 4 is 18.6 Å². The number of carboxylic acid groups (broad SMARTS) is 1. The molecule has 1 aromatic carbocycles. The molecule has 0 saturated heterocycles. The average molecular weight is 258 g/mol. The van der Waals surface area contributed by atoms with E-state index < -0.39 is 6.16 Å². The maximum Gasteiger partial charge on any atom is 0.511 e. The molecule has 0 aliphatic carbocycles. The Hall–Kier alpha value is -1.26. The summed E-state index contributed by atoms with van der Waals surface area (Å²) in [5, 5.41) is 8.54. The number of nitrogens with zero attached hydrogens (tertiary/aromatic N) is 1. The van der Waals surface area contributed by atoms with Crippen LogP contribution in [-0.4, -0.2) is 36.3 Å². The predicted octanol–water partition coefficient (Wildman–Crippen LogP) is 2.20. The van der Waals surface area contributed by atoms with Gasteiger partial charge in [0.1, 0.15) is 5.75 Å². The number of halogens is 1. The summed E-state index contributed by atoms with van der Waals surface area (Å²) in [4.78, 5) is 12.7. The van der Waals surface area contributed by atoms with Crippen LogP contribution in [-0.2, 0) is 12.8 Å². The van der Waals surface area contributed by atoms with Gasteiger partial charge in [-0.15, -0.1) is 12.4 Å². The van der Waals surface area contributed by atoms with Crippen LogP contribution in [0.5, 0.6) is 5.75 Å². The smallest absolute Gasteiger partial charge is 0.449 e. The fourth-order valence-electron chi connectivity index (χ4n) is 1.98. The molecule has 4 nitrogen and oxygen atoms in total. The van der Waals surface area contributed by atoms with E-state index in [-0.39, 0.29) is 12.4 Å². The zero-order chi connectivity index (χ0) is 11.5. The largest absolute Gasteiger partial charge is 0.511 e. The highest BCUT2D eigenvalue weighted by Gasteiger charge is 2.12. The fourth-order valence-corrected chi connectivity index (χ4v) is 1.98. The van der Waals surface area contributed by atoms with Gasteiger partial charge in [0.25, 0.3) is 0 Å². The molecular formula is C12H16ClNO3. The molecule has 0 bridgehead atoms. The number of hydrogen-bond acceptors (Lipinski definition) is 3. The van der Waals surface area contributed by atoms with Gasteiger partial charge in [-0.05, 0) is 43.1 Å². The molecule has 0 radical (unpaired) electrons. The number of fused-ring (bicyclic) bond motifs is 1. The summed E-state index contributed by atoms with van der Waals surface area (Å²) in [5.74, 6) is 0.413. The molecule has 2 rings (SSSR count). The van der Waals surface area contributed by atoms with Gasteiger partial charge in [-0.2, -0.15) is 0 Å². The van der Waals surface area contributed by atoms with Crippen molar-refractivity contribution in [2.24, 2.45) is 0 Å². The molecule has 0 saturated carbocycles. The van der Waals surface area contributed by atoms with Gasteiger partial charge in [0.05, 0.1) is 0 Å². The molecule has 5 heteroatoms. The Labute approximate surface area is 107 Å². The van der Waals surface area contributed by atoms with Crippen molar-refractivity contribution < 1.29 is 14.6 Å². The number of carbonyl (C=O) groups is 1.